The summed E-state index contributed by atoms with van der Waals surface area (Å²) in [6.45, 7) is 0. The zero-order valence-electron chi connectivity index (χ0n) is 15.0. The van der Waals surface area contributed by atoms with Gasteiger partial charge in [0.15, 0.2) is 0 Å². The molecule has 0 atom stereocenters. The molecule has 0 aliphatic rings. The molecule has 0 spiro atoms. The number of benzene rings is 2. The van der Waals surface area contributed by atoms with Crippen LogP contribution in [0.1, 0.15) is 5.56 Å². The zero-order chi connectivity index (χ0) is 19.3. The monoisotopic (exact) mass is 382 g/mol. The van der Waals surface area contributed by atoms with Gasteiger partial charge in [-0.05, 0) is 47.3 Å². The Bertz CT molecular complexity index is 1450. The molecule has 3 aromatic heterocycles. The highest BCUT2D eigenvalue weighted by molar-refractivity contribution is 7.13. The van der Waals surface area contributed by atoms with Crippen LogP contribution in [0.2, 0.25) is 0 Å². The molecule has 5 aromatic rings. The second-order valence-electron chi connectivity index (χ2n) is 6.54. The van der Waals surface area contributed by atoms with Gasteiger partial charge in [0.2, 0.25) is 0 Å². The molecule has 0 saturated heterocycles. The van der Waals surface area contributed by atoms with E-state index in [0.717, 1.165) is 32.4 Å². The van der Waals surface area contributed by atoms with Crippen molar-refractivity contribution in [1.82, 2.24) is 14.1 Å². The van der Waals surface area contributed by atoms with Gasteiger partial charge in [-0.2, -0.15) is 5.26 Å². The van der Waals surface area contributed by atoms with E-state index in [1.807, 2.05) is 23.6 Å². The molecule has 28 heavy (non-hydrogen) atoms. The first-order chi connectivity index (χ1) is 13.7. The number of hydrogen-bond acceptors (Lipinski definition) is 4. The molecular formula is C22H14N4OS. The van der Waals surface area contributed by atoms with E-state index in [1.165, 1.54) is 0 Å². The number of pyridine rings is 1. The maximum absolute atomic E-state index is 13.1. The van der Waals surface area contributed by atoms with E-state index in [4.69, 9.17) is 0 Å². The van der Waals surface area contributed by atoms with Crippen molar-refractivity contribution in [3.8, 4) is 22.2 Å². The number of aromatic nitrogens is 3. The zero-order valence-corrected chi connectivity index (χ0v) is 15.8. The predicted molar refractivity (Wildman–Crippen MR) is 112 cm³/mol. The Morgan fingerprint density at radius 1 is 1.11 bits per heavy atom. The molecule has 0 amide bonds. The normalized spacial score (nSPS) is 11.1. The van der Waals surface area contributed by atoms with Crippen molar-refractivity contribution in [3.05, 3.63) is 82.2 Å². The second-order valence-corrected chi connectivity index (χ2v) is 7.49. The van der Waals surface area contributed by atoms with Gasteiger partial charge >= 0.3 is 5.69 Å². The number of hydrogen-bond donors (Lipinski definition) is 0. The fraction of sp³-hybridized carbons (Fsp3) is 0.0455. The minimum absolute atomic E-state index is 0.166. The first-order valence-corrected chi connectivity index (χ1v) is 9.60. The number of thiophene rings is 1. The summed E-state index contributed by atoms with van der Waals surface area (Å²) >= 11 is 1.67. The number of imidazole rings is 1. The van der Waals surface area contributed by atoms with Gasteiger partial charge in [0, 0.05) is 17.3 Å². The Hall–Kier alpha value is -3.69. The molecule has 0 aliphatic heterocycles. The molecule has 6 heteroatoms. The molecule has 3 heterocycles. The summed E-state index contributed by atoms with van der Waals surface area (Å²) < 4.78 is 3.26. The third-order valence-electron chi connectivity index (χ3n) is 4.92. The Kier molecular flexibility index (Phi) is 3.64. The van der Waals surface area contributed by atoms with Gasteiger partial charge in [-0.1, -0.05) is 18.2 Å². The van der Waals surface area contributed by atoms with Crippen LogP contribution >= 0.6 is 11.3 Å². The molecule has 0 saturated carbocycles. The number of aryl methyl sites for hydroxylation is 1. The maximum Gasteiger partial charge on any atom is 0.333 e. The van der Waals surface area contributed by atoms with E-state index in [2.05, 4.69) is 29.3 Å². The van der Waals surface area contributed by atoms with Crippen molar-refractivity contribution in [1.29, 1.82) is 5.26 Å². The quantitative estimate of drug-likeness (QED) is 0.452. The Balaban J connectivity index is 1.92. The van der Waals surface area contributed by atoms with E-state index < -0.39 is 0 Å². The van der Waals surface area contributed by atoms with E-state index >= 15 is 0 Å². The van der Waals surface area contributed by atoms with Crippen LogP contribution in [0, 0.1) is 11.3 Å². The smallest absolute Gasteiger partial charge is 0.293 e. The third kappa shape index (κ3) is 2.38. The fourth-order valence-corrected chi connectivity index (χ4v) is 4.27. The van der Waals surface area contributed by atoms with Crippen LogP contribution < -0.4 is 5.69 Å². The topological polar surface area (TPSA) is 63.6 Å². The molecule has 0 radical (unpaired) electrons. The third-order valence-corrected chi connectivity index (χ3v) is 5.84. The van der Waals surface area contributed by atoms with Crippen LogP contribution in [-0.2, 0) is 7.05 Å². The lowest BCUT2D eigenvalue weighted by molar-refractivity contribution is 0.845. The van der Waals surface area contributed by atoms with Gasteiger partial charge in [-0.25, -0.2) is 4.79 Å². The molecule has 5 rings (SSSR count). The minimum Gasteiger partial charge on any atom is -0.293 e. The van der Waals surface area contributed by atoms with Gasteiger partial charge in [0.1, 0.15) is 0 Å². The largest absolute Gasteiger partial charge is 0.333 e. The molecule has 0 unspecified atom stereocenters. The van der Waals surface area contributed by atoms with Crippen molar-refractivity contribution in [2.45, 2.75) is 0 Å². The van der Waals surface area contributed by atoms with E-state index in [-0.39, 0.29) is 5.69 Å². The van der Waals surface area contributed by atoms with Crippen LogP contribution in [0.15, 0.2) is 71.0 Å². The predicted octanol–water partition coefficient (Wildman–Crippen LogP) is 4.48. The van der Waals surface area contributed by atoms with Crippen molar-refractivity contribution in [2.75, 3.05) is 0 Å². The van der Waals surface area contributed by atoms with Gasteiger partial charge < -0.3 is 0 Å². The summed E-state index contributed by atoms with van der Waals surface area (Å²) in [6, 6.07) is 19.5. The molecule has 0 bridgehead atoms. The van der Waals surface area contributed by atoms with Crippen molar-refractivity contribution >= 4 is 33.3 Å². The van der Waals surface area contributed by atoms with Gasteiger partial charge in [-0.3, -0.25) is 14.1 Å². The number of nitrogens with zero attached hydrogens (tertiary/aromatic N) is 4. The van der Waals surface area contributed by atoms with Crippen LogP contribution in [0.4, 0.5) is 0 Å². The molecule has 0 aliphatic carbocycles. The standard InChI is InChI=1S/C22H14N4OS/c1-25-19-13-24-18-8-7-15(20-6-3-9-28-20)11-17(18)21(19)26(22(25)27)16-5-2-4-14(10-16)12-23/h2-11,13H,1H3. The lowest BCUT2D eigenvalue weighted by Gasteiger charge is -2.07. The van der Waals surface area contributed by atoms with Crippen molar-refractivity contribution in [2.24, 2.45) is 7.05 Å². The SMILES string of the molecule is Cn1c(=O)n(-c2cccc(C#N)c2)c2c3cc(-c4cccs4)ccc3ncc21. The van der Waals surface area contributed by atoms with Crippen molar-refractivity contribution < 1.29 is 0 Å². The Labute approximate surface area is 164 Å². The highest BCUT2D eigenvalue weighted by atomic mass is 32.1. The summed E-state index contributed by atoms with van der Waals surface area (Å²) in [5, 5.41) is 12.2. The highest BCUT2D eigenvalue weighted by Crippen LogP contribution is 2.31. The number of rotatable bonds is 2. The van der Waals surface area contributed by atoms with Gasteiger partial charge in [0.25, 0.3) is 0 Å². The summed E-state index contributed by atoms with van der Waals surface area (Å²) in [4.78, 5) is 18.8. The molecule has 0 fully saturated rings. The summed E-state index contributed by atoms with van der Waals surface area (Å²) in [6.07, 6.45) is 1.73. The van der Waals surface area contributed by atoms with Crippen LogP contribution in [0.5, 0.6) is 0 Å². The minimum atomic E-state index is -0.166. The van der Waals surface area contributed by atoms with E-state index in [0.29, 0.717) is 11.3 Å². The first-order valence-electron chi connectivity index (χ1n) is 8.72. The summed E-state index contributed by atoms with van der Waals surface area (Å²) in [5.41, 5.74) is 4.48. The molecule has 5 nitrogen and oxygen atoms in total. The highest BCUT2D eigenvalue weighted by Gasteiger charge is 2.17. The van der Waals surface area contributed by atoms with Crippen LogP contribution in [0.25, 0.3) is 38.1 Å². The lowest BCUT2D eigenvalue weighted by atomic mass is 10.1. The Morgan fingerprint density at radius 2 is 2.00 bits per heavy atom. The molecule has 134 valence electrons. The molecule has 0 N–H and O–H groups in total. The maximum atomic E-state index is 13.1. The average molecular weight is 382 g/mol. The van der Waals surface area contributed by atoms with Crippen LogP contribution in [0.3, 0.4) is 0 Å². The summed E-state index contributed by atoms with van der Waals surface area (Å²) in [5.74, 6) is 0. The van der Waals surface area contributed by atoms with E-state index in [1.54, 1.807) is 51.9 Å². The van der Waals surface area contributed by atoms with E-state index in [9.17, 15) is 10.1 Å². The lowest BCUT2D eigenvalue weighted by Crippen LogP contribution is -2.20. The Morgan fingerprint density at radius 3 is 2.79 bits per heavy atom. The summed E-state index contributed by atoms with van der Waals surface area (Å²) in [7, 11) is 1.74. The second kappa shape index (κ2) is 6.19. The molecule has 2 aromatic carbocycles. The van der Waals surface area contributed by atoms with Gasteiger partial charge in [-0.15, -0.1) is 11.3 Å². The van der Waals surface area contributed by atoms with Crippen LogP contribution in [-0.4, -0.2) is 14.1 Å². The number of fused-ring (bicyclic) bond motifs is 3. The van der Waals surface area contributed by atoms with Crippen molar-refractivity contribution in [3.63, 3.8) is 0 Å². The molecular weight excluding hydrogens is 368 g/mol. The fourth-order valence-electron chi connectivity index (χ4n) is 3.55. The number of nitriles is 1. The average Bonchev–Trinajstić information content (AvgIpc) is 3.35. The first kappa shape index (κ1) is 16.5. The van der Waals surface area contributed by atoms with Gasteiger partial charge in [0.05, 0.1) is 40.1 Å².